The van der Waals surface area contributed by atoms with Crippen LogP contribution in [-0.4, -0.2) is 33.3 Å². The van der Waals surface area contributed by atoms with E-state index in [9.17, 15) is 23.1 Å². The number of carbonyl (C=O) groups excluding carboxylic acids is 1. The zero-order chi connectivity index (χ0) is 19.7. The van der Waals surface area contributed by atoms with Gasteiger partial charge in [0.2, 0.25) is 11.5 Å². The highest BCUT2D eigenvalue weighted by Crippen LogP contribution is 2.44. The number of halogens is 3. The Morgan fingerprint density at radius 3 is 2.44 bits per heavy atom. The number of aromatic nitrogens is 2. The lowest BCUT2D eigenvalue weighted by molar-refractivity contribution is -0.272. The summed E-state index contributed by atoms with van der Waals surface area (Å²) in [5.41, 5.74) is -2.96. The Bertz CT molecular complexity index is 800. The van der Waals surface area contributed by atoms with Crippen molar-refractivity contribution in [1.82, 2.24) is 14.9 Å². The average Bonchev–Trinajstić information content (AvgIpc) is 3.00. The molecule has 0 bridgehead atoms. The quantitative estimate of drug-likeness (QED) is 0.809. The molecule has 1 fully saturated rings. The monoisotopic (exact) mass is 381 g/mol. The maximum atomic E-state index is 13.5. The van der Waals surface area contributed by atoms with E-state index in [0.29, 0.717) is 12.8 Å². The third-order valence-corrected chi connectivity index (χ3v) is 5.40. The minimum atomic E-state index is -4.91. The van der Waals surface area contributed by atoms with Crippen LogP contribution in [0.2, 0.25) is 0 Å². The molecular weight excluding hydrogens is 359 g/mol. The van der Waals surface area contributed by atoms with Gasteiger partial charge in [0, 0.05) is 32.4 Å². The van der Waals surface area contributed by atoms with Gasteiger partial charge in [-0.05, 0) is 18.4 Å². The SMILES string of the molecule is Cn1ccnc1C(O)(CCNC(=O)C1(c2ccccc2)CCC1)C(F)(F)F. The zero-order valence-electron chi connectivity index (χ0n) is 15.0. The molecule has 1 heterocycles. The first-order chi connectivity index (χ1) is 12.7. The summed E-state index contributed by atoms with van der Waals surface area (Å²) in [6.07, 6.45) is -0.880. The molecule has 146 valence electrons. The normalized spacial score (nSPS) is 18.4. The summed E-state index contributed by atoms with van der Waals surface area (Å²) in [7, 11) is 1.39. The molecule has 27 heavy (non-hydrogen) atoms. The lowest BCUT2D eigenvalue weighted by atomic mass is 9.64. The van der Waals surface area contributed by atoms with Gasteiger partial charge in [0.1, 0.15) is 5.82 Å². The number of nitrogens with one attached hydrogen (secondary N) is 1. The van der Waals surface area contributed by atoms with Gasteiger partial charge in [-0.3, -0.25) is 4.79 Å². The Kier molecular flexibility index (Phi) is 5.03. The summed E-state index contributed by atoms with van der Waals surface area (Å²) >= 11 is 0. The largest absolute Gasteiger partial charge is 0.424 e. The van der Waals surface area contributed by atoms with Gasteiger partial charge in [0.15, 0.2) is 0 Å². The van der Waals surface area contributed by atoms with Crippen molar-refractivity contribution in [2.45, 2.75) is 42.9 Å². The van der Waals surface area contributed by atoms with Crippen LogP contribution in [0.4, 0.5) is 13.2 Å². The Morgan fingerprint density at radius 2 is 1.96 bits per heavy atom. The first-order valence-corrected chi connectivity index (χ1v) is 8.81. The van der Waals surface area contributed by atoms with Gasteiger partial charge >= 0.3 is 6.18 Å². The highest BCUT2D eigenvalue weighted by Gasteiger charge is 2.57. The second-order valence-corrected chi connectivity index (χ2v) is 7.03. The van der Waals surface area contributed by atoms with Crippen molar-refractivity contribution in [3.63, 3.8) is 0 Å². The molecule has 0 radical (unpaired) electrons. The van der Waals surface area contributed by atoms with E-state index in [-0.39, 0.29) is 12.5 Å². The summed E-state index contributed by atoms with van der Waals surface area (Å²) in [5, 5.41) is 12.9. The number of aliphatic hydroxyl groups is 1. The van der Waals surface area contributed by atoms with Crippen LogP contribution in [0, 0.1) is 0 Å². The van der Waals surface area contributed by atoms with Gasteiger partial charge in [-0.15, -0.1) is 0 Å². The van der Waals surface area contributed by atoms with Crippen LogP contribution >= 0.6 is 0 Å². The van der Waals surface area contributed by atoms with E-state index in [1.807, 2.05) is 30.3 Å². The van der Waals surface area contributed by atoms with Crippen LogP contribution < -0.4 is 5.32 Å². The molecule has 0 aliphatic heterocycles. The molecule has 2 N–H and O–H groups in total. The molecule has 1 unspecified atom stereocenters. The van der Waals surface area contributed by atoms with Crippen molar-refractivity contribution in [3.05, 3.63) is 54.1 Å². The number of hydrogen-bond donors (Lipinski definition) is 2. The fourth-order valence-electron chi connectivity index (χ4n) is 3.60. The van der Waals surface area contributed by atoms with Crippen molar-refractivity contribution >= 4 is 5.91 Å². The number of alkyl halides is 3. The number of benzene rings is 1. The lowest BCUT2D eigenvalue weighted by Crippen LogP contribution is -2.51. The Labute approximate surface area is 155 Å². The van der Waals surface area contributed by atoms with Crippen molar-refractivity contribution in [3.8, 4) is 0 Å². The molecule has 1 amide bonds. The van der Waals surface area contributed by atoms with E-state index in [1.165, 1.54) is 19.4 Å². The van der Waals surface area contributed by atoms with Crippen LogP contribution in [0.5, 0.6) is 0 Å². The van der Waals surface area contributed by atoms with Gasteiger partial charge in [-0.1, -0.05) is 36.8 Å². The molecule has 0 saturated heterocycles. The molecular formula is C19H22F3N3O2. The molecule has 1 atom stereocenters. The third-order valence-electron chi connectivity index (χ3n) is 5.40. The van der Waals surface area contributed by atoms with Crippen LogP contribution in [-0.2, 0) is 22.9 Å². The first-order valence-electron chi connectivity index (χ1n) is 8.81. The molecule has 1 aliphatic carbocycles. The van der Waals surface area contributed by atoms with E-state index in [4.69, 9.17) is 0 Å². The second-order valence-electron chi connectivity index (χ2n) is 7.03. The van der Waals surface area contributed by atoms with Crippen LogP contribution in [0.3, 0.4) is 0 Å². The molecule has 1 aromatic heterocycles. The topological polar surface area (TPSA) is 67.2 Å². The second kappa shape index (κ2) is 6.99. The lowest BCUT2D eigenvalue weighted by Gasteiger charge is -2.41. The smallest absolute Gasteiger partial charge is 0.374 e. The summed E-state index contributed by atoms with van der Waals surface area (Å²) < 4.78 is 41.7. The molecule has 0 spiro atoms. The minimum absolute atomic E-state index is 0.302. The molecule has 3 rings (SSSR count). The number of carbonyl (C=O) groups is 1. The Hall–Kier alpha value is -2.35. The number of nitrogens with zero attached hydrogens (tertiary/aromatic N) is 2. The van der Waals surface area contributed by atoms with Crippen LogP contribution in [0.1, 0.15) is 37.1 Å². The Morgan fingerprint density at radius 1 is 1.30 bits per heavy atom. The first kappa shape index (κ1) is 19.4. The summed E-state index contributed by atoms with van der Waals surface area (Å²) in [5.74, 6) is -0.796. The predicted molar refractivity (Wildman–Crippen MR) is 92.8 cm³/mol. The van der Waals surface area contributed by atoms with Gasteiger partial charge < -0.3 is 15.0 Å². The van der Waals surface area contributed by atoms with E-state index in [1.54, 1.807) is 0 Å². The van der Waals surface area contributed by atoms with Gasteiger partial charge in [-0.25, -0.2) is 4.98 Å². The highest BCUT2D eigenvalue weighted by atomic mass is 19.4. The van der Waals surface area contributed by atoms with Gasteiger partial charge in [0.05, 0.1) is 5.41 Å². The zero-order valence-corrected chi connectivity index (χ0v) is 15.0. The number of imidazole rings is 1. The van der Waals surface area contributed by atoms with E-state index >= 15 is 0 Å². The third kappa shape index (κ3) is 3.34. The van der Waals surface area contributed by atoms with E-state index < -0.39 is 29.4 Å². The molecule has 2 aromatic rings. The standard InChI is InChI=1S/C19H22F3N3O2/c1-25-13-12-23-15(25)18(27,19(20,21)22)10-11-24-16(26)17(8-5-9-17)14-6-3-2-4-7-14/h2-4,6-7,12-13,27H,5,8-11H2,1H3,(H,24,26). The van der Waals surface area contributed by atoms with Crippen molar-refractivity contribution in [2.24, 2.45) is 7.05 Å². The van der Waals surface area contributed by atoms with Gasteiger partial charge in [-0.2, -0.15) is 13.2 Å². The van der Waals surface area contributed by atoms with E-state index in [2.05, 4.69) is 10.3 Å². The van der Waals surface area contributed by atoms with Crippen molar-refractivity contribution < 1.29 is 23.1 Å². The van der Waals surface area contributed by atoms with Crippen molar-refractivity contribution in [2.75, 3.05) is 6.54 Å². The number of hydrogen-bond acceptors (Lipinski definition) is 3. The maximum absolute atomic E-state index is 13.5. The molecule has 5 nitrogen and oxygen atoms in total. The maximum Gasteiger partial charge on any atom is 0.424 e. The van der Waals surface area contributed by atoms with Crippen molar-refractivity contribution in [1.29, 1.82) is 0 Å². The van der Waals surface area contributed by atoms with Crippen LogP contribution in [0.25, 0.3) is 0 Å². The van der Waals surface area contributed by atoms with Gasteiger partial charge in [0.25, 0.3) is 0 Å². The average molecular weight is 381 g/mol. The minimum Gasteiger partial charge on any atom is -0.374 e. The van der Waals surface area contributed by atoms with E-state index in [0.717, 1.165) is 16.6 Å². The summed E-state index contributed by atoms with van der Waals surface area (Å²) in [4.78, 5) is 16.4. The highest BCUT2D eigenvalue weighted by molar-refractivity contribution is 5.89. The molecule has 8 heteroatoms. The molecule has 1 aliphatic rings. The van der Waals surface area contributed by atoms with Crippen LogP contribution in [0.15, 0.2) is 42.7 Å². The molecule has 1 aromatic carbocycles. The molecule has 1 saturated carbocycles. The fraction of sp³-hybridized carbons (Fsp3) is 0.474. The fourth-order valence-corrected chi connectivity index (χ4v) is 3.60. The summed E-state index contributed by atoms with van der Waals surface area (Å²) in [6, 6.07) is 9.25. The Balaban J connectivity index is 1.72. The number of aryl methyl sites for hydroxylation is 1. The summed E-state index contributed by atoms with van der Waals surface area (Å²) in [6.45, 7) is -0.309. The predicted octanol–water partition coefficient (Wildman–Crippen LogP) is 2.80. The number of amides is 1. The number of rotatable bonds is 6.